The van der Waals surface area contributed by atoms with Gasteiger partial charge in [-0.1, -0.05) is 18.2 Å². The van der Waals surface area contributed by atoms with Crippen molar-refractivity contribution in [2.24, 2.45) is 0 Å². The molecule has 3 nitrogen and oxygen atoms in total. The summed E-state index contributed by atoms with van der Waals surface area (Å²) >= 11 is 0. The average molecular weight is 216 g/mol. The largest absolute Gasteiger partial charge is 0.356 e. The second-order valence-electron chi connectivity index (χ2n) is 3.90. The lowest BCUT2D eigenvalue weighted by atomic mass is 10.2. The Labute approximate surface area is 95.1 Å². The minimum atomic E-state index is 0.0392. The smallest absolute Gasteiger partial charge is 0.216 e. The fourth-order valence-corrected chi connectivity index (χ4v) is 1.85. The maximum atomic E-state index is 10.7. The van der Waals surface area contributed by atoms with Crippen molar-refractivity contribution in [3.63, 3.8) is 0 Å². The molecule has 0 spiro atoms. The molecule has 2 aromatic rings. The number of hydrogen-bond donors (Lipinski definition) is 1. The van der Waals surface area contributed by atoms with E-state index in [4.69, 9.17) is 0 Å². The SMILES string of the molecule is CC(=O)NCCCn1ccc2ccccc21. The zero-order chi connectivity index (χ0) is 11.4. The van der Waals surface area contributed by atoms with E-state index in [-0.39, 0.29) is 5.91 Å². The highest BCUT2D eigenvalue weighted by atomic mass is 16.1. The summed E-state index contributed by atoms with van der Waals surface area (Å²) in [5.74, 6) is 0.0392. The van der Waals surface area contributed by atoms with Crippen molar-refractivity contribution in [2.45, 2.75) is 19.9 Å². The van der Waals surface area contributed by atoms with Crippen LogP contribution in [0.15, 0.2) is 36.5 Å². The van der Waals surface area contributed by atoms with Gasteiger partial charge in [0, 0.05) is 31.7 Å². The van der Waals surface area contributed by atoms with Crippen molar-refractivity contribution in [1.82, 2.24) is 9.88 Å². The summed E-state index contributed by atoms with van der Waals surface area (Å²) in [6.45, 7) is 3.22. The molecule has 0 unspecified atom stereocenters. The van der Waals surface area contributed by atoms with Crippen LogP contribution in [0.4, 0.5) is 0 Å². The summed E-state index contributed by atoms with van der Waals surface area (Å²) < 4.78 is 2.22. The van der Waals surface area contributed by atoms with Crippen LogP contribution in [-0.4, -0.2) is 17.0 Å². The normalized spacial score (nSPS) is 10.6. The zero-order valence-electron chi connectivity index (χ0n) is 9.44. The van der Waals surface area contributed by atoms with Gasteiger partial charge in [-0.3, -0.25) is 4.79 Å². The number of nitrogens with zero attached hydrogens (tertiary/aromatic N) is 1. The summed E-state index contributed by atoms with van der Waals surface area (Å²) in [4.78, 5) is 10.7. The van der Waals surface area contributed by atoms with E-state index in [0.29, 0.717) is 0 Å². The van der Waals surface area contributed by atoms with E-state index in [1.165, 1.54) is 10.9 Å². The predicted molar refractivity (Wildman–Crippen MR) is 65.2 cm³/mol. The number of aromatic nitrogens is 1. The number of hydrogen-bond acceptors (Lipinski definition) is 1. The van der Waals surface area contributed by atoms with E-state index < -0.39 is 0 Å². The van der Waals surface area contributed by atoms with Gasteiger partial charge in [0.05, 0.1) is 0 Å². The van der Waals surface area contributed by atoms with Gasteiger partial charge in [-0.05, 0) is 23.9 Å². The zero-order valence-corrected chi connectivity index (χ0v) is 9.44. The molecule has 0 atom stereocenters. The maximum Gasteiger partial charge on any atom is 0.216 e. The Morgan fingerprint density at radius 1 is 1.31 bits per heavy atom. The molecule has 0 bridgehead atoms. The molecule has 1 aromatic carbocycles. The summed E-state index contributed by atoms with van der Waals surface area (Å²) in [6.07, 6.45) is 3.05. The predicted octanol–water partition coefficient (Wildman–Crippen LogP) is 2.17. The molecule has 0 saturated heterocycles. The molecule has 0 aliphatic heterocycles. The number of aryl methyl sites for hydroxylation is 1. The number of benzene rings is 1. The van der Waals surface area contributed by atoms with Crippen LogP contribution in [-0.2, 0) is 11.3 Å². The van der Waals surface area contributed by atoms with Crippen LogP contribution in [0.5, 0.6) is 0 Å². The van der Waals surface area contributed by atoms with Crippen molar-refractivity contribution < 1.29 is 4.79 Å². The second-order valence-corrected chi connectivity index (χ2v) is 3.90. The van der Waals surface area contributed by atoms with Gasteiger partial charge in [-0.15, -0.1) is 0 Å². The molecule has 0 radical (unpaired) electrons. The number of carbonyl (C=O) groups excluding carboxylic acids is 1. The summed E-state index contributed by atoms with van der Waals surface area (Å²) in [5, 5.41) is 4.07. The van der Waals surface area contributed by atoms with Crippen molar-refractivity contribution in [3.05, 3.63) is 36.5 Å². The van der Waals surface area contributed by atoms with Gasteiger partial charge in [0.1, 0.15) is 0 Å². The molecule has 1 aromatic heterocycles. The third-order valence-electron chi connectivity index (χ3n) is 2.63. The van der Waals surface area contributed by atoms with Crippen LogP contribution in [0.3, 0.4) is 0 Å². The van der Waals surface area contributed by atoms with Gasteiger partial charge in [0.25, 0.3) is 0 Å². The molecular weight excluding hydrogens is 200 g/mol. The Bertz CT molecular complexity index is 487. The van der Waals surface area contributed by atoms with Crippen molar-refractivity contribution >= 4 is 16.8 Å². The van der Waals surface area contributed by atoms with Crippen LogP contribution in [0.1, 0.15) is 13.3 Å². The quantitative estimate of drug-likeness (QED) is 0.781. The van der Waals surface area contributed by atoms with Crippen molar-refractivity contribution in [2.75, 3.05) is 6.54 Å². The van der Waals surface area contributed by atoms with Crippen LogP contribution in [0, 0.1) is 0 Å². The van der Waals surface area contributed by atoms with E-state index in [2.05, 4.69) is 34.3 Å². The summed E-state index contributed by atoms with van der Waals surface area (Å²) in [6, 6.07) is 10.4. The highest BCUT2D eigenvalue weighted by molar-refractivity contribution is 5.79. The highest BCUT2D eigenvalue weighted by Crippen LogP contribution is 2.14. The van der Waals surface area contributed by atoms with Gasteiger partial charge in [0.2, 0.25) is 5.91 Å². The molecule has 84 valence electrons. The van der Waals surface area contributed by atoms with Crippen LogP contribution >= 0.6 is 0 Å². The molecule has 16 heavy (non-hydrogen) atoms. The lowest BCUT2D eigenvalue weighted by molar-refractivity contribution is -0.118. The summed E-state index contributed by atoms with van der Waals surface area (Å²) in [7, 11) is 0. The molecule has 0 aliphatic rings. The third kappa shape index (κ3) is 2.42. The number of fused-ring (bicyclic) bond motifs is 1. The van der Waals surface area contributed by atoms with E-state index in [0.717, 1.165) is 19.5 Å². The highest BCUT2D eigenvalue weighted by Gasteiger charge is 1.99. The van der Waals surface area contributed by atoms with E-state index >= 15 is 0 Å². The van der Waals surface area contributed by atoms with Crippen LogP contribution < -0.4 is 5.32 Å². The monoisotopic (exact) mass is 216 g/mol. The van der Waals surface area contributed by atoms with Crippen LogP contribution in [0.2, 0.25) is 0 Å². The third-order valence-corrected chi connectivity index (χ3v) is 2.63. The molecule has 1 heterocycles. The minimum absolute atomic E-state index is 0.0392. The van der Waals surface area contributed by atoms with Crippen molar-refractivity contribution in [1.29, 1.82) is 0 Å². The first-order valence-corrected chi connectivity index (χ1v) is 5.56. The molecule has 2 rings (SSSR count). The van der Waals surface area contributed by atoms with E-state index in [1.807, 2.05) is 12.1 Å². The van der Waals surface area contributed by atoms with Gasteiger partial charge in [-0.25, -0.2) is 0 Å². The molecule has 3 heteroatoms. The maximum absolute atomic E-state index is 10.7. The molecular formula is C13H16N2O. The first-order chi connectivity index (χ1) is 7.77. The van der Waals surface area contributed by atoms with E-state index in [1.54, 1.807) is 6.92 Å². The number of nitrogens with one attached hydrogen (secondary N) is 1. The number of amides is 1. The van der Waals surface area contributed by atoms with Crippen LogP contribution in [0.25, 0.3) is 10.9 Å². The molecule has 1 N–H and O–H groups in total. The first kappa shape index (κ1) is 10.7. The Hall–Kier alpha value is -1.77. The van der Waals surface area contributed by atoms with Gasteiger partial charge >= 0.3 is 0 Å². The first-order valence-electron chi connectivity index (χ1n) is 5.56. The Kier molecular flexibility index (Phi) is 3.25. The van der Waals surface area contributed by atoms with Gasteiger partial charge in [-0.2, -0.15) is 0 Å². The summed E-state index contributed by atoms with van der Waals surface area (Å²) in [5.41, 5.74) is 1.25. The number of carbonyl (C=O) groups is 1. The number of para-hydroxylation sites is 1. The molecule has 1 amide bonds. The fourth-order valence-electron chi connectivity index (χ4n) is 1.85. The average Bonchev–Trinajstić information content (AvgIpc) is 2.68. The lowest BCUT2D eigenvalue weighted by Crippen LogP contribution is -2.21. The van der Waals surface area contributed by atoms with Crippen molar-refractivity contribution in [3.8, 4) is 0 Å². The standard InChI is InChI=1S/C13H16N2O/c1-11(16)14-8-4-9-15-10-7-12-5-2-3-6-13(12)15/h2-3,5-7,10H,4,8-9H2,1H3,(H,14,16). The minimum Gasteiger partial charge on any atom is -0.356 e. The number of rotatable bonds is 4. The Morgan fingerprint density at radius 3 is 2.94 bits per heavy atom. The molecule has 0 aliphatic carbocycles. The Morgan fingerprint density at radius 2 is 2.12 bits per heavy atom. The molecule has 0 fully saturated rings. The van der Waals surface area contributed by atoms with Gasteiger partial charge < -0.3 is 9.88 Å². The van der Waals surface area contributed by atoms with Gasteiger partial charge in [0.15, 0.2) is 0 Å². The van der Waals surface area contributed by atoms with E-state index in [9.17, 15) is 4.79 Å². The lowest BCUT2D eigenvalue weighted by Gasteiger charge is -2.05. The second kappa shape index (κ2) is 4.84. The fraction of sp³-hybridized carbons (Fsp3) is 0.308. The molecule has 0 saturated carbocycles. The topological polar surface area (TPSA) is 34.0 Å². The Balaban J connectivity index is 1.97.